The van der Waals surface area contributed by atoms with Gasteiger partial charge in [-0.2, -0.15) is 0 Å². The zero-order chi connectivity index (χ0) is 13.9. The molecule has 1 atom stereocenters. The Bertz CT molecular complexity index is 693. The highest BCUT2D eigenvalue weighted by Crippen LogP contribution is 2.09. The largest absolute Gasteiger partial charge is 0.352 e. The van der Waals surface area contributed by atoms with Gasteiger partial charge in [0.1, 0.15) is 0 Å². The molecule has 1 fully saturated rings. The third-order valence-electron chi connectivity index (χ3n) is 3.64. The monoisotopic (exact) mass is 271 g/mol. The topological polar surface area (TPSA) is 62.6 Å². The van der Waals surface area contributed by atoms with Crippen LogP contribution in [0.3, 0.4) is 0 Å². The Morgan fingerprint density at radius 3 is 2.95 bits per heavy atom. The van der Waals surface area contributed by atoms with Gasteiger partial charge < -0.3 is 10.6 Å². The number of fused-ring (bicyclic) bond motifs is 1. The molecule has 1 amide bonds. The number of carbonyl (C=O) groups is 1. The van der Waals surface area contributed by atoms with Crippen LogP contribution >= 0.6 is 0 Å². The van der Waals surface area contributed by atoms with Gasteiger partial charge in [-0.3, -0.25) is 14.0 Å². The maximum atomic E-state index is 11.7. The molecular weight excluding hydrogens is 254 g/mol. The van der Waals surface area contributed by atoms with Crippen molar-refractivity contribution in [1.82, 2.24) is 15.0 Å². The molecule has 3 rings (SSSR count). The minimum absolute atomic E-state index is 0.0209. The quantitative estimate of drug-likeness (QED) is 0.859. The van der Waals surface area contributed by atoms with Crippen LogP contribution < -0.4 is 16.2 Å². The van der Waals surface area contributed by atoms with Gasteiger partial charge in [0.05, 0.1) is 5.52 Å². The van der Waals surface area contributed by atoms with Crippen molar-refractivity contribution < 1.29 is 4.79 Å². The van der Waals surface area contributed by atoms with Gasteiger partial charge in [-0.05, 0) is 24.1 Å². The fourth-order valence-electron chi connectivity index (χ4n) is 2.60. The predicted molar refractivity (Wildman–Crippen MR) is 76.5 cm³/mol. The van der Waals surface area contributed by atoms with Crippen molar-refractivity contribution in [3.8, 4) is 0 Å². The van der Waals surface area contributed by atoms with Gasteiger partial charge in [0, 0.05) is 37.8 Å². The fraction of sp³-hybridized carbons (Fsp3) is 0.333. The minimum atomic E-state index is -0.0209. The lowest BCUT2D eigenvalue weighted by Crippen LogP contribution is -2.35. The Morgan fingerprint density at radius 2 is 2.15 bits per heavy atom. The highest BCUT2D eigenvalue weighted by molar-refractivity contribution is 5.78. The Balaban J connectivity index is 1.70. The number of pyridine rings is 2. The number of amides is 1. The molecule has 0 unspecified atom stereocenters. The van der Waals surface area contributed by atoms with Gasteiger partial charge in [0.15, 0.2) is 0 Å². The van der Waals surface area contributed by atoms with Crippen LogP contribution in [-0.4, -0.2) is 22.9 Å². The number of hydrogen-bond donors (Lipinski definition) is 2. The van der Waals surface area contributed by atoms with E-state index >= 15 is 0 Å². The molecule has 0 spiro atoms. The number of rotatable bonds is 4. The lowest BCUT2D eigenvalue weighted by Gasteiger charge is -2.12. The maximum absolute atomic E-state index is 11.7. The number of nitrogens with zero attached hydrogens (tertiary/aromatic N) is 1. The van der Waals surface area contributed by atoms with Crippen molar-refractivity contribution >= 4 is 11.4 Å². The molecule has 20 heavy (non-hydrogen) atoms. The molecule has 1 aliphatic rings. The van der Waals surface area contributed by atoms with Crippen molar-refractivity contribution in [3.05, 3.63) is 52.4 Å². The van der Waals surface area contributed by atoms with Gasteiger partial charge in [-0.25, -0.2) is 0 Å². The van der Waals surface area contributed by atoms with Crippen molar-refractivity contribution in [1.29, 1.82) is 0 Å². The standard InChI is InChI=1S/C15H17N3O2/c19-14-6-5-12(17-14)10-16-9-11-4-7-15(20)18-8-2-1-3-13(11)18/h1-4,7-8,12,16H,5-6,9-10H2,(H,17,19)/t12-/m0/s1. The first-order chi connectivity index (χ1) is 9.74. The molecule has 2 aromatic heterocycles. The molecule has 0 aliphatic carbocycles. The average molecular weight is 271 g/mol. The molecule has 0 bridgehead atoms. The van der Waals surface area contributed by atoms with E-state index in [4.69, 9.17) is 0 Å². The van der Waals surface area contributed by atoms with Gasteiger partial charge in [-0.1, -0.05) is 12.1 Å². The van der Waals surface area contributed by atoms with E-state index in [0.29, 0.717) is 13.0 Å². The maximum Gasteiger partial charge on any atom is 0.255 e. The number of hydrogen-bond acceptors (Lipinski definition) is 3. The Morgan fingerprint density at radius 1 is 1.25 bits per heavy atom. The third-order valence-corrected chi connectivity index (χ3v) is 3.64. The van der Waals surface area contributed by atoms with E-state index in [2.05, 4.69) is 10.6 Å². The summed E-state index contributed by atoms with van der Waals surface area (Å²) in [6.07, 6.45) is 3.29. The smallest absolute Gasteiger partial charge is 0.255 e. The summed E-state index contributed by atoms with van der Waals surface area (Å²) in [6, 6.07) is 9.38. The first kappa shape index (κ1) is 12.9. The Kier molecular flexibility index (Phi) is 3.52. The SMILES string of the molecule is O=C1CC[C@@H](CNCc2ccc(=O)n3ccccc23)N1. The molecule has 1 saturated heterocycles. The van der Waals surface area contributed by atoms with E-state index in [9.17, 15) is 9.59 Å². The van der Waals surface area contributed by atoms with Gasteiger partial charge in [0.25, 0.3) is 5.56 Å². The molecule has 5 nitrogen and oxygen atoms in total. The molecule has 5 heteroatoms. The molecule has 3 heterocycles. The van der Waals surface area contributed by atoms with Crippen LogP contribution in [0.15, 0.2) is 41.3 Å². The lowest BCUT2D eigenvalue weighted by molar-refractivity contribution is -0.119. The van der Waals surface area contributed by atoms with E-state index in [1.54, 1.807) is 16.7 Å². The zero-order valence-electron chi connectivity index (χ0n) is 11.1. The van der Waals surface area contributed by atoms with Crippen molar-refractivity contribution in [2.75, 3.05) is 6.54 Å². The van der Waals surface area contributed by atoms with Crippen LogP contribution in [0.1, 0.15) is 18.4 Å². The highest BCUT2D eigenvalue weighted by Gasteiger charge is 2.19. The highest BCUT2D eigenvalue weighted by atomic mass is 16.2. The molecular formula is C15H17N3O2. The molecule has 104 valence electrons. The molecule has 0 saturated carbocycles. The second kappa shape index (κ2) is 5.46. The van der Waals surface area contributed by atoms with Crippen LogP contribution in [0, 0.1) is 0 Å². The fourth-order valence-corrected chi connectivity index (χ4v) is 2.60. The third kappa shape index (κ3) is 2.58. The van der Waals surface area contributed by atoms with Crippen molar-refractivity contribution in [2.24, 2.45) is 0 Å². The van der Waals surface area contributed by atoms with Crippen LogP contribution in [0.2, 0.25) is 0 Å². The van der Waals surface area contributed by atoms with Crippen LogP contribution in [0.5, 0.6) is 0 Å². The average Bonchev–Trinajstić information content (AvgIpc) is 2.87. The summed E-state index contributed by atoms with van der Waals surface area (Å²) in [4.78, 5) is 22.9. The van der Waals surface area contributed by atoms with Crippen LogP contribution in [-0.2, 0) is 11.3 Å². The van der Waals surface area contributed by atoms with Gasteiger partial charge >= 0.3 is 0 Å². The summed E-state index contributed by atoms with van der Waals surface area (Å²) < 4.78 is 1.65. The van der Waals surface area contributed by atoms with E-state index < -0.39 is 0 Å². The molecule has 2 aromatic rings. The minimum Gasteiger partial charge on any atom is -0.352 e. The predicted octanol–water partition coefficient (Wildman–Crippen LogP) is 0.668. The van der Waals surface area contributed by atoms with Gasteiger partial charge in [0.2, 0.25) is 5.91 Å². The molecule has 1 aliphatic heterocycles. The number of carbonyl (C=O) groups excluding carboxylic acids is 1. The van der Waals surface area contributed by atoms with E-state index in [-0.39, 0.29) is 17.5 Å². The Labute approximate surface area is 116 Å². The Hall–Kier alpha value is -2.14. The number of aromatic nitrogens is 1. The second-order valence-corrected chi connectivity index (χ2v) is 5.09. The summed E-state index contributed by atoms with van der Waals surface area (Å²) in [5.74, 6) is 0.133. The molecule has 0 radical (unpaired) electrons. The van der Waals surface area contributed by atoms with E-state index in [1.807, 2.05) is 24.3 Å². The van der Waals surface area contributed by atoms with E-state index in [1.165, 1.54) is 0 Å². The van der Waals surface area contributed by atoms with Crippen LogP contribution in [0.4, 0.5) is 0 Å². The van der Waals surface area contributed by atoms with E-state index in [0.717, 1.165) is 24.0 Å². The lowest BCUT2D eigenvalue weighted by atomic mass is 10.2. The first-order valence-corrected chi connectivity index (χ1v) is 6.83. The zero-order valence-corrected chi connectivity index (χ0v) is 11.1. The van der Waals surface area contributed by atoms with Crippen LogP contribution in [0.25, 0.3) is 5.52 Å². The first-order valence-electron chi connectivity index (χ1n) is 6.83. The summed E-state index contributed by atoms with van der Waals surface area (Å²) in [6.45, 7) is 1.43. The van der Waals surface area contributed by atoms with Gasteiger partial charge in [-0.15, -0.1) is 0 Å². The second-order valence-electron chi connectivity index (χ2n) is 5.09. The normalized spacial score (nSPS) is 18.4. The summed E-state index contributed by atoms with van der Waals surface area (Å²) in [5, 5.41) is 6.28. The van der Waals surface area contributed by atoms with Crippen molar-refractivity contribution in [2.45, 2.75) is 25.4 Å². The van der Waals surface area contributed by atoms with Crippen molar-refractivity contribution in [3.63, 3.8) is 0 Å². The summed E-state index contributed by atoms with van der Waals surface area (Å²) >= 11 is 0. The summed E-state index contributed by atoms with van der Waals surface area (Å²) in [5.41, 5.74) is 1.98. The number of nitrogens with one attached hydrogen (secondary N) is 2. The molecule has 2 N–H and O–H groups in total. The molecule has 0 aromatic carbocycles. The summed E-state index contributed by atoms with van der Waals surface area (Å²) in [7, 11) is 0.